The Kier molecular flexibility index (Phi) is 3.78. The van der Waals surface area contributed by atoms with Crippen LogP contribution in [0.5, 0.6) is 0 Å². The summed E-state index contributed by atoms with van der Waals surface area (Å²) in [6.45, 7) is 5.65. The second kappa shape index (κ2) is 5.58. The average Bonchev–Trinajstić information content (AvgIpc) is 3.09. The fourth-order valence-corrected chi connectivity index (χ4v) is 3.17. The number of carbonyl (C=O) groups is 1. The number of carbonyl (C=O) groups excluding carboxylic acids is 1. The van der Waals surface area contributed by atoms with E-state index < -0.39 is 0 Å². The van der Waals surface area contributed by atoms with E-state index in [1.165, 1.54) is 0 Å². The zero-order valence-corrected chi connectivity index (χ0v) is 13.1. The van der Waals surface area contributed by atoms with Crippen LogP contribution in [0.4, 0.5) is 5.69 Å². The maximum Gasteiger partial charge on any atom is 0.231 e. The van der Waals surface area contributed by atoms with E-state index in [0.717, 1.165) is 41.5 Å². The highest BCUT2D eigenvalue weighted by atomic mass is 32.1. The molecule has 1 aliphatic rings. The van der Waals surface area contributed by atoms with E-state index in [1.807, 2.05) is 43.5 Å². The molecule has 1 atom stereocenters. The Morgan fingerprint density at radius 1 is 1.48 bits per heavy atom. The monoisotopic (exact) mass is 301 g/mol. The molecule has 3 rings (SSSR count). The quantitative estimate of drug-likeness (QED) is 0.916. The second-order valence-electron chi connectivity index (χ2n) is 5.77. The van der Waals surface area contributed by atoms with Crippen molar-refractivity contribution >= 4 is 22.9 Å². The number of rotatable bonds is 3. The molecule has 110 valence electrons. The zero-order valence-electron chi connectivity index (χ0n) is 12.3. The summed E-state index contributed by atoms with van der Waals surface area (Å²) >= 11 is 1.63. The number of benzene rings is 1. The van der Waals surface area contributed by atoms with Crippen molar-refractivity contribution in [3.05, 3.63) is 34.7 Å². The van der Waals surface area contributed by atoms with Crippen molar-refractivity contribution in [3.8, 4) is 11.3 Å². The average molecular weight is 301 g/mol. The first-order chi connectivity index (χ1) is 10.1. The normalized spacial score (nSPS) is 21.4. The van der Waals surface area contributed by atoms with Gasteiger partial charge in [-0.3, -0.25) is 4.79 Å². The third kappa shape index (κ3) is 2.99. The van der Waals surface area contributed by atoms with Gasteiger partial charge in [0.15, 0.2) is 0 Å². The van der Waals surface area contributed by atoms with E-state index >= 15 is 0 Å². The molecule has 5 heteroatoms. The molecule has 0 radical (unpaired) electrons. The van der Waals surface area contributed by atoms with Crippen LogP contribution in [0.15, 0.2) is 29.6 Å². The van der Waals surface area contributed by atoms with Gasteiger partial charge in [0.25, 0.3) is 0 Å². The summed E-state index contributed by atoms with van der Waals surface area (Å²) < 4.78 is 0. The fourth-order valence-electron chi connectivity index (χ4n) is 2.55. The maximum absolute atomic E-state index is 12.4. The van der Waals surface area contributed by atoms with E-state index in [1.54, 1.807) is 11.3 Å². The topological polar surface area (TPSA) is 54.0 Å². The number of aryl methyl sites for hydroxylation is 1. The molecule has 1 unspecified atom stereocenters. The van der Waals surface area contributed by atoms with Crippen molar-refractivity contribution in [2.45, 2.75) is 20.3 Å². The van der Waals surface area contributed by atoms with Gasteiger partial charge in [0.1, 0.15) is 0 Å². The first kappa shape index (κ1) is 14.2. The molecule has 0 saturated carbocycles. The fraction of sp³-hybridized carbons (Fsp3) is 0.375. The lowest BCUT2D eigenvalue weighted by molar-refractivity contribution is -0.123. The van der Waals surface area contributed by atoms with Crippen molar-refractivity contribution in [1.82, 2.24) is 10.3 Å². The molecule has 21 heavy (non-hydrogen) atoms. The van der Waals surface area contributed by atoms with Crippen LogP contribution in [0.25, 0.3) is 11.3 Å². The molecule has 1 aromatic carbocycles. The molecule has 1 aliphatic heterocycles. The molecule has 0 spiro atoms. The van der Waals surface area contributed by atoms with Gasteiger partial charge in [0.2, 0.25) is 5.91 Å². The van der Waals surface area contributed by atoms with Crippen LogP contribution < -0.4 is 10.6 Å². The van der Waals surface area contributed by atoms with Crippen LogP contribution in [-0.4, -0.2) is 24.0 Å². The lowest BCUT2D eigenvalue weighted by atomic mass is 9.88. The highest BCUT2D eigenvalue weighted by Gasteiger charge is 2.36. The van der Waals surface area contributed by atoms with Crippen molar-refractivity contribution in [2.24, 2.45) is 5.41 Å². The van der Waals surface area contributed by atoms with E-state index in [9.17, 15) is 4.79 Å². The first-order valence-electron chi connectivity index (χ1n) is 7.12. The van der Waals surface area contributed by atoms with Gasteiger partial charge in [-0.15, -0.1) is 11.3 Å². The summed E-state index contributed by atoms with van der Waals surface area (Å²) in [5.41, 5.74) is 2.51. The van der Waals surface area contributed by atoms with Crippen LogP contribution in [0.1, 0.15) is 18.4 Å². The SMILES string of the molecule is Cc1nc(-c2cccc(NC(=O)C3(C)CCNC3)c2)cs1. The van der Waals surface area contributed by atoms with Crippen LogP contribution in [-0.2, 0) is 4.79 Å². The number of nitrogens with one attached hydrogen (secondary N) is 2. The van der Waals surface area contributed by atoms with Gasteiger partial charge < -0.3 is 10.6 Å². The Morgan fingerprint density at radius 2 is 2.33 bits per heavy atom. The summed E-state index contributed by atoms with van der Waals surface area (Å²) in [7, 11) is 0. The molecule has 1 fully saturated rings. The molecule has 2 N–H and O–H groups in total. The van der Waals surface area contributed by atoms with E-state index in [-0.39, 0.29) is 11.3 Å². The second-order valence-corrected chi connectivity index (χ2v) is 6.84. The molecule has 1 aromatic heterocycles. The minimum Gasteiger partial charge on any atom is -0.326 e. The Labute approximate surface area is 128 Å². The maximum atomic E-state index is 12.4. The number of aromatic nitrogens is 1. The van der Waals surface area contributed by atoms with Gasteiger partial charge in [-0.25, -0.2) is 4.98 Å². The first-order valence-corrected chi connectivity index (χ1v) is 8.00. The molecule has 1 amide bonds. The molecule has 1 saturated heterocycles. The number of anilines is 1. The number of hydrogen-bond donors (Lipinski definition) is 2. The lowest BCUT2D eigenvalue weighted by Gasteiger charge is -2.21. The minimum absolute atomic E-state index is 0.0825. The highest BCUT2D eigenvalue weighted by Crippen LogP contribution is 2.28. The predicted molar refractivity (Wildman–Crippen MR) is 86.5 cm³/mol. The van der Waals surface area contributed by atoms with Crippen molar-refractivity contribution in [3.63, 3.8) is 0 Å². The van der Waals surface area contributed by atoms with E-state index in [4.69, 9.17) is 0 Å². The van der Waals surface area contributed by atoms with Gasteiger partial charge in [-0.1, -0.05) is 12.1 Å². The summed E-state index contributed by atoms with van der Waals surface area (Å²) in [5, 5.41) is 9.37. The summed E-state index contributed by atoms with van der Waals surface area (Å²) in [4.78, 5) is 16.9. The molecule has 0 bridgehead atoms. The van der Waals surface area contributed by atoms with Crippen LogP contribution in [0, 0.1) is 12.3 Å². The standard InChI is InChI=1S/C16H19N3OS/c1-11-18-14(9-21-11)12-4-3-5-13(8-12)19-15(20)16(2)6-7-17-10-16/h3-5,8-9,17H,6-7,10H2,1-2H3,(H,19,20). The predicted octanol–water partition coefficient (Wildman–Crippen LogP) is 3.06. The smallest absolute Gasteiger partial charge is 0.231 e. The van der Waals surface area contributed by atoms with Crippen molar-refractivity contribution in [2.75, 3.05) is 18.4 Å². The Bertz CT molecular complexity index is 659. The lowest BCUT2D eigenvalue weighted by Crippen LogP contribution is -2.35. The van der Waals surface area contributed by atoms with Crippen LogP contribution in [0.2, 0.25) is 0 Å². The number of nitrogens with zero attached hydrogens (tertiary/aromatic N) is 1. The summed E-state index contributed by atoms with van der Waals surface area (Å²) in [6, 6.07) is 7.88. The minimum atomic E-state index is -0.312. The Balaban J connectivity index is 1.79. The number of thiazole rings is 1. The van der Waals surface area contributed by atoms with Gasteiger partial charge in [0, 0.05) is 23.2 Å². The largest absolute Gasteiger partial charge is 0.326 e. The Hall–Kier alpha value is -1.72. The third-order valence-electron chi connectivity index (χ3n) is 3.95. The van der Waals surface area contributed by atoms with Gasteiger partial charge >= 0.3 is 0 Å². The van der Waals surface area contributed by atoms with Gasteiger partial charge in [0.05, 0.1) is 16.1 Å². The number of hydrogen-bond acceptors (Lipinski definition) is 4. The molecule has 4 nitrogen and oxygen atoms in total. The molecule has 2 aromatic rings. The summed E-state index contributed by atoms with van der Waals surface area (Å²) in [5.74, 6) is 0.0825. The van der Waals surface area contributed by atoms with Gasteiger partial charge in [-0.05, 0) is 38.9 Å². The third-order valence-corrected chi connectivity index (χ3v) is 4.73. The Morgan fingerprint density at radius 3 is 3.00 bits per heavy atom. The molecular weight excluding hydrogens is 282 g/mol. The molecular formula is C16H19N3OS. The van der Waals surface area contributed by atoms with E-state index in [0.29, 0.717) is 0 Å². The highest BCUT2D eigenvalue weighted by molar-refractivity contribution is 7.09. The van der Waals surface area contributed by atoms with Crippen molar-refractivity contribution < 1.29 is 4.79 Å². The van der Waals surface area contributed by atoms with Crippen LogP contribution >= 0.6 is 11.3 Å². The van der Waals surface area contributed by atoms with Gasteiger partial charge in [-0.2, -0.15) is 0 Å². The van der Waals surface area contributed by atoms with Crippen molar-refractivity contribution in [1.29, 1.82) is 0 Å². The zero-order chi connectivity index (χ0) is 14.9. The molecule has 2 heterocycles. The summed E-state index contributed by atoms with van der Waals surface area (Å²) in [6.07, 6.45) is 0.879. The molecule has 0 aliphatic carbocycles. The number of amides is 1. The van der Waals surface area contributed by atoms with Crippen LogP contribution in [0.3, 0.4) is 0 Å². The van der Waals surface area contributed by atoms with E-state index in [2.05, 4.69) is 15.6 Å².